The van der Waals surface area contributed by atoms with E-state index in [1.54, 1.807) is 0 Å². The molecule has 0 aromatic heterocycles. The maximum Gasteiger partial charge on any atom is 0.00310 e. The van der Waals surface area contributed by atoms with Crippen molar-refractivity contribution in [2.24, 2.45) is 0 Å². The molecule has 0 saturated heterocycles. The summed E-state index contributed by atoms with van der Waals surface area (Å²) in [7, 11) is 1.96. The first kappa shape index (κ1) is 20.3. The number of hydrogen-bond donors (Lipinski definition) is 1. The first-order valence-electron chi connectivity index (χ1n) is 9.31. The third kappa shape index (κ3) is 17.2. The van der Waals surface area contributed by atoms with Gasteiger partial charge in [0.2, 0.25) is 0 Å². The Morgan fingerprint density at radius 3 is 1.76 bits per heavy atom. The highest BCUT2D eigenvalue weighted by atomic mass is 14.8. The van der Waals surface area contributed by atoms with Gasteiger partial charge in [-0.05, 0) is 38.5 Å². The zero-order valence-electron chi connectivity index (χ0n) is 14.8. The van der Waals surface area contributed by atoms with Crippen molar-refractivity contribution < 1.29 is 0 Å². The van der Waals surface area contributed by atoms with Gasteiger partial charge in [0.1, 0.15) is 0 Å². The summed E-state index contributed by atoms with van der Waals surface area (Å²) in [5.41, 5.74) is 1.17. The van der Waals surface area contributed by atoms with Crippen LogP contribution in [0.5, 0.6) is 0 Å². The van der Waals surface area contributed by atoms with Crippen LogP contribution in [0.4, 0.5) is 0 Å². The molecule has 0 unspecified atom stereocenters. The molecule has 0 fully saturated rings. The standard InChI is InChI=1S/C20H39N/c1-4-5-6-7-8-9-10-11-12-13-14-15-16-17-18-19-20(2)21-3/h11-12,21H,2,4-10,13-19H2,1,3H3. The van der Waals surface area contributed by atoms with Gasteiger partial charge in [-0.1, -0.05) is 77.0 Å². The van der Waals surface area contributed by atoms with Gasteiger partial charge in [0.25, 0.3) is 0 Å². The van der Waals surface area contributed by atoms with E-state index in [9.17, 15) is 0 Å². The van der Waals surface area contributed by atoms with Gasteiger partial charge in [0, 0.05) is 12.7 Å². The normalized spacial score (nSPS) is 11.1. The van der Waals surface area contributed by atoms with Crippen molar-refractivity contribution in [1.82, 2.24) is 5.32 Å². The molecule has 0 rings (SSSR count). The second-order valence-corrected chi connectivity index (χ2v) is 6.19. The van der Waals surface area contributed by atoms with Crippen molar-refractivity contribution in [1.29, 1.82) is 0 Å². The Kier molecular flexibility index (Phi) is 16.7. The largest absolute Gasteiger partial charge is 0.392 e. The molecule has 0 aromatic carbocycles. The van der Waals surface area contributed by atoms with E-state index >= 15 is 0 Å². The first-order valence-corrected chi connectivity index (χ1v) is 9.31. The van der Waals surface area contributed by atoms with E-state index in [-0.39, 0.29) is 0 Å². The van der Waals surface area contributed by atoms with Crippen LogP contribution < -0.4 is 5.32 Å². The molecule has 0 bridgehead atoms. The summed E-state index contributed by atoms with van der Waals surface area (Å²) in [6.07, 6.45) is 23.7. The Labute approximate surface area is 134 Å². The average Bonchev–Trinajstić information content (AvgIpc) is 2.50. The van der Waals surface area contributed by atoms with E-state index in [2.05, 4.69) is 31.0 Å². The lowest BCUT2D eigenvalue weighted by atomic mass is 10.1. The molecule has 124 valence electrons. The maximum atomic E-state index is 3.96. The zero-order chi connectivity index (χ0) is 15.6. The lowest BCUT2D eigenvalue weighted by Crippen LogP contribution is -2.03. The highest BCUT2D eigenvalue weighted by Gasteiger charge is 1.92. The zero-order valence-corrected chi connectivity index (χ0v) is 14.8. The van der Waals surface area contributed by atoms with Crippen LogP contribution in [0.15, 0.2) is 24.4 Å². The smallest absolute Gasteiger partial charge is 0.00310 e. The Morgan fingerprint density at radius 1 is 0.762 bits per heavy atom. The Bertz CT molecular complexity index is 242. The van der Waals surface area contributed by atoms with Crippen molar-refractivity contribution in [3.63, 3.8) is 0 Å². The molecule has 21 heavy (non-hydrogen) atoms. The minimum absolute atomic E-state index is 1.13. The second kappa shape index (κ2) is 17.3. The van der Waals surface area contributed by atoms with Crippen LogP contribution in [0.25, 0.3) is 0 Å². The van der Waals surface area contributed by atoms with E-state index < -0.39 is 0 Å². The van der Waals surface area contributed by atoms with Gasteiger partial charge in [-0.15, -0.1) is 0 Å². The van der Waals surface area contributed by atoms with Crippen LogP contribution in [-0.4, -0.2) is 7.05 Å². The summed E-state index contributed by atoms with van der Waals surface area (Å²) in [5.74, 6) is 0. The number of nitrogens with one attached hydrogen (secondary N) is 1. The van der Waals surface area contributed by atoms with E-state index in [0.717, 1.165) is 6.42 Å². The van der Waals surface area contributed by atoms with Crippen molar-refractivity contribution in [3.8, 4) is 0 Å². The molecule has 0 aliphatic heterocycles. The fourth-order valence-electron chi connectivity index (χ4n) is 2.53. The van der Waals surface area contributed by atoms with Crippen LogP contribution in [-0.2, 0) is 0 Å². The maximum absolute atomic E-state index is 3.96. The molecule has 0 aliphatic rings. The molecular weight excluding hydrogens is 254 g/mol. The van der Waals surface area contributed by atoms with Crippen LogP contribution in [0.3, 0.4) is 0 Å². The van der Waals surface area contributed by atoms with E-state index in [1.165, 1.54) is 89.2 Å². The minimum atomic E-state index is 1.13. The molecule has 0 heterocycles. The third-order valence-corrected chi connectivity index (χ3v) is 4.09. The van der Waals surface area contributed by atoms with Gasteiger partial charge in [-0.3, -0.25) is 0 Å². The van der Waals surface area contributed by atoms with E-state index in [0.29, 0.717) is 0 Å². The lowest BCUT2D eigenvalue weighted by molar-refractivity contribution is 0.606. The van der Waals surface area contributed by atoms with Crippen molar-refractivity contribution in [2.45, 2.75) is 96.8 Å². The van der Waals surface area contributed by atoms with E-state index in [1.807, 2.05) is 7.05 Å². The molecule has 0 amide bonds. The number of unbranched alkanes of at least 4 members (excludes halogenated alkanes) is 11. The SMILES string of the molecule is C=C(CCCCCCCC=CCCCCCCCC)NC. The van der Waals surface area contributed by atoms with Crippen molar-refractivity contribution in [3.05, 3.63) is 24.4 Å². The summed E-state index contributed by atoms with van der Waals surface area (Å²) < 4.78 is 0. The highest BCUT2D eigenvalue weighted by Crippen LogP contribution is 2.10. The molecule has 0 spiro atoms. The minimum Gasteiger partial charge on any atom is -0.392 e. The fourth-order valence-corrected chi connectivity index (χ4v) is 2.53. The highest BCUT2D eigenvalue weighted by molar-refractivity contribution is 4.88. The van der Waals surface area contributed by atoms with Gasteiger partial charge in [0.05, 0.1) is 0 Å². The molecule has 0 radical (unpaired) electrons. The monoisotopic (exact) mass is 293 g/mol. The van der Waals surface area contributed by atoms with Gasteiger partial charge < -0.3 is 5.32 Å². The van der Waals surface area contributed by atoms with Gasteiger partial charge in [-0.2, -0.15) is 0 Å². The lowest BCUT2D eigenvalue weighted by Gasteiger charge is -2.03. The molecular formula is C20H39N. The van der Waals surface area contributed by atoms with Crippen molar-refractivity contribution in [2.75, 3.05) is 7.05 Å². The fraction of sp³-hybridized carbons (Fsp3) is 0.800. The summed E-state index contributed by atoms with van der Waals surface area (Å²) in [6, 6.07) is 0. The van der Waals surface area contributed by atoms with Crippen LogP contribution in [0.1, 0.15) is 96.8 Å². The Balaban J connectivity index is 3.10. The molecule has 1 nitrogen and oxygen atoms in total. The first-order chi connectivity index (χ1) is 10.3. The second-order valence-electron chi connectivity index (χ2n) is 6.19. The van der Waals surface area contributed by atoms with Crippen LogP contribution >= 0.6 is 0 Å². The van der Waals surface area contributed by atoms with Crippen molar-refractivity contribution >= 4 is 0 Å². The molecule has 0 saturated carbocycles. The summed E-state index contributed by atoms with van der Waals surface area (Å²) in [5, 5.41) is 3.11. The van der Waals surface area contributed by atoms with Gasteiger partial charge in [0.15, 0.2) is 0 Å². The molecule has 1 heteroatoms. The average molecular weight is 294 g/mol. The topological polar surface area (TPSA) is 12.0 Å². The molecule has 0 aromatic rings. The molecule has 0 atom stereocenters. The van der Waals surface area contributed by atoms with Crippen LogP contribution in [0, 0.1) is 0 Å². The number of allylic oxidation sites excluding steroid dienone is 3. The third-order valence-electron chi connectivity index (χ3n) is 4.09. The Hall–Kier alpha value is -0.720. The number of rotatable bonds is 16. The summed E-state index contributed by atoms with van der Waals surface area (Å²) >= 11 is 0. The van der Waals surface area contributed by atoms with Crippen LogP contribution in [0.2, 0.25) is 0 Å². The van der Waals surface area contributed by atoms with Gasteiger partial charge >= 0.3 is 0 Å². The van der Waals surface area contributed by atoms with E-state index in [4.69, 9.17) is 0 Å². The molecule has 1 N–H and O–H groups in total. The molecule has 0 aliphatic carbocycles. The number of hydrogen-bond acceptors (Lipinski definition) is 1. The predicted octanol–water partition coefficient (Wildman–Crippen LogP) is 6.76. The summed E-state index contributed by atoms with van der Waals surface area (Å²) in [4.78, 5) is 0. The van der Waals surface area contributed by atoms with Gasteiger partial charge in [-0.25, -0.2) is 0 Å². The quantitative estimate of drug-likeness (QED) is 0.245. The Morgan fingerprint density at radius 2 is 1.24 bits per heavy atom. The summed E-state index contributed by atoms with van der Waals surface area (Å²) in [6.45, 7) is 6.24. The predicted molar refractivity (Wildman–Crippen MR) is 97.7 cm³/mol.